The molecule has 3 nitrogen and oxygen atoms in total. The molecular weight excluding hydrogens is 647 g/mol. The van der Waals surface area contributed by atoms with E-state index in [1.807, 2.05) is 0 Å². The van der Waals surface area contributed by atoms with E-state index in [2.05, 4.69) is 193 Å². The molecule has 0 N–H and O–H groups in total. The van der Waals surface area contributed by atoms with Gasteiger partial charge in [0.15, 0.2) is 5.58 Å². The van der Waals surface area contributed by atoms with Crippen LogP contribution in [-0.2, 0) is 0 Å². The first-order valence-corrected chi connectivity index (χ1v) is 18.0. The Morgan fingerprint density at radius 1 is 0.340 bits per heavy atom. The third-order valence-electron chi connectivity index (χ3n) is 10.6. The van der Waals surface area contributed by atoms with Crippen LogP contribution in [0.15, 0.2) is 197 Å². The lowest BCUT2D eigenvalue weighted by Gasteiger charge is -2.25. The smallest absolute Gasteiger partial charge is 0.159 e. The Morgan fingerprint density at radius 2 is 1.00 bits per heavy atom. The summed E-state index contributed by atoms with van der Waals surface area (Å²) >= 11 is 0. The summed E-state index contributed by atoms with van der Waals surface area (Å²) in [5.74, 6) is 0. The largest absolute Gasteiger partial charge is 0.455 e. The average molecular weight is 678 g/mol. The highest BCUT2D eigenvalue weighted by atomic mass is 16.3. The van der Waals surface area contributed by atoms with Crippen molar-refractivity contribution in [3.05, 3.63) is 188 Å². The summed E-state index contributed by atoms with van der Waals surface area (Å²) in [5, 5.41) is 9.21. The van der Waals surface area contributed by atoms with Crippen LogP contribution in [0.3, 0.4) is 0 Å². The second kappa shape index (κ2) is 11.7. The van der Waals surface area contributed by atoms with E-state index in [9.17, 15) is 0 Å². The maximum absolute atomic E-state index is 6.68. The molecule has 0 aliphatic rings. The fraction of sp³-hybridized carbons (Fsp3) is 0. The van der Waals surface area contributed by atoms with Crippen LogP contribution in [0.2, 0.25) is 0 Å². The lowest BCUT2D eigenvalue weighted by atomic mass is 9.95. The Kier molecular flexibility index (Phi) is 6.55. The van der Waals surface area contributed by atoms with Crippen LogP contribution in [0.4, 0.5) is 17.1 Å². The molecule has 248 valence electrons. The summed E-state index contributed by atoms with van der Waals surface area (Å²) in [6.45, 7) is 0. The normalized spacial score (nSPS) is 11.8. The Hall–Kier alpha value is -7.10. The van der Waals surface area contributed by atoms with Crippen molar-refractivity contribution in [2.24, 2.45) is 0 Å². The van der Waals surface area contributed by atoms with Gasteiger partial charge in [0.2, 0.25) is 0 Å². The van der Waals surface area contributed by atoms with Crippen LogP contribution >= 0.6 is 0 Å². The van der Waals surface area contributed by atoms with Crippen molar-refractivity contribution in [1.29, 1.82) is 0 Å². The third kappa shape index (κ3) is 4.68. The number of para-hydroxylation sites is 2. The first-order chi connectivity index (χ1) is 26.3. The zero-order valence-electron chi connectivity index (χ0n) is 28.7. The van der Waals surface area contributed by atoms with E-state index in [1.54, 1.807) is 0 Å². The first-order valence-electron chi connectivity index (χ1n) is 18.0. The molecule has 11 rings (SSSR count). The number of rotatable bonds is 5. The second-order valence-corrected chi connectivity index (χ2v) is 13.7. The highest BCUT2D eigenvalue weighted by Gasteiger charge is 2.21. The molecule has 2 aromatic heterocycles. The molecule has 0 aliphatic carbocycles. The maximum atomic E-state index is 6.68. The van der Waals surface area contributed by atoms with E-state index in [0.717, 1.165) is 77.5 Å². The fourth-order valence-corrected chi connectivity index (χ4v) is 8.17. The SMILES string of the molecule is c1ccc(-c2cc3c4ccc(-c5ccc(N(c6ccccc6)c6cccc7c6oc6ccc8ccccc8c67)cc5)cc4oc3c3ccccc23)cc1. The topological polar surface area (TPSA) is 29.5 Å². The van der Waals surface area contributed by atoms with Gasteiger partial charge < -0.3 is 13.7 Å². The maximum Gasteiger partial charge on any atom is 0.159 e. The molecule has 3 heteroatoms. The van der Waals surface area contributed by atoms with Crippen LogP contribution < -0.4 is 4.90 Å². The summed E-state index contributed by atoms with van der Waals surface area (Å²) in [4.78, 5) is 2.29. The molecule has 0 saturated carbocycles. The number of benzene rings is 9. The molecule has 0 amide bonds. The lowest BCUT2D eigenvalue weighted by molar-refractivity contribution is 0.669. The van der Waals surface area contributed by atoms with Gasteiger partial charge in [0.25, 0.3) is 0 Å². The van der Waals surface area contributed by atoms with Gasteiger partial charge in [-0.1, -0.05) is 133 Å². The summed E-state index contributed by atoms with van der Waals surface area (Å²) in [6.07, 6.45) is 0. The third-order valence-corrected chi connectivity index (χ3v) is 10.6. The minimum Gasteiger partial charge on any atom is -0.455 e. The fourth-order valence-electron chi connectivity index (χ4n) is 8.17. The number of furan rings is 2. The van der Waals surface area contributed by atoms with Crippen LogP contribution in [0.5, 0.6) is 0 Å². The molecule has 0 aliphatic heterocycles. The molecule has 0 spiro atoms. The van der Waals surface area contributed by atoms with Gasteiger partial charge in [-0.3, -0.25) is 0 Å². The zero-order chi connectivity index (χ0) is 34.9. The molecule has 53 heavy (non-hydrogen) atoms. The van der Waals surface area contributed by atoms with Gasteiger partial charge in [-0.15, -0.1) is 0 Å². The predicted octanol–water partition coefficient (Wildman–Crippen LogP) is 14.6. The highest BCUT2D eigenvalue weighted by Crippen LogP contribution is 2.45. The van der Waals surface area contributed by atoms with Gasteiger partial charge in [-0.05, 0) is 93.0 Å². The monoisotopic (exact) mass is 677 g/mol. The number of hydrogen-bond donors (Lipinski definition) is 0. The molecule has 0 bridgehead atoms. The van der Waals surface area contributed by atoms with Crippen LogP contribution in [0.25, 0.3) is 87.7 Å². The standard InChI is InChI=1S/C50H31NO2/c1-3-12-33(13-4-1)43-31-44-40-28-24-35(30-47(40)53-49(44)41-19-10-9-18-39(41)43)32-22-26-37(27-23-32)51(36-15-5-2-6-16-36)45-21-11-20-42-48-38-17-8-7-14-34(38)25-29-46(48)52-50(42)45/h1-31H. The molecule has 2 heterocycles. The van der Waals surface area contributed by atoms with Crippen molar-refractivity contribution >= 4 is 82.5 Å². The van der Waals surface area contributed by atoms with Crippen molar-refractivity contribution < 1.29 is 8.83 Å². The minimum atomic E-state index is 0.866. The van der Waals surface area contributed by atoms with Gasteiger partial charge in [0.05, 0.1) is 5.69 Å². The molecule has 0 radical (unpaired) electrons. The lowest BCUT2D eigenvalue weighted by Crippen LogP contribution is -2.10. The van der Waals surface area contributed by atoms with Crippen LogP contribution in [0, 0.1) is 0 Å². The number of fused-ring (bicyclic) bond motifs is 10. The quantitative estimate of drug-likeness (QED) is 0.182. The van der Waals surface area contributed by atoms with Crippen molar-refractivity contribution in [2.45, 2.75) is 0 Å². The van der Waals surface area contributed by atoms with E-state index in [4.69, 9.17) is 8.83 Å². The highest BCUT2D eigenvalue weighted by molar-refractivity contribution is 6.21. The van der Waals surface area contributed by atoms with E-state index >= 15 is 0 Å². The van der Waals surface area contributed by atoms with Crippen LogP contribution in [0.1, 0.15) is 0 Å². The molecule has 9 aromatic carbocycles. The van der Waals surface area contributed by atoms with Crippen molar-refractivity contribution in [1.82, 2.24) is 0 Å². The summed E-state index contributed by atoms with van der Waals surface area (Å²) in [6, 6.07) is 66.5. The van der Waals surface area contributed by atoms with Crippen molar-refractivity contribution in [3.63, 3.8) is 0 Å². The second-order valence-electron chi connectivity index (χ2n) is 13.7. The van der Waals surface area contributed by atoms with Gasteiger partial charge in [0, 0.05) is 38.3 Å². The van der Waals surface area contributed by atoms with E-state index in [-0.39, 0.29) is 0 Å². The van der Waals surface area contributed by atoms with E-state index in [0.29, 0.717) is 0 Å². The number of hydrogen-bond acceptors (Lipinski definition) is 3. The summed E-state index contributed by atoms with van der Waals surface area (Å²) in [5.41, 5.74) is 11.3. The Labute approximate surface area is 305 Å². The Morgan fingerprint density at radius 3 is 1.83 bits per heavy atom. The molecule has 0 saturated heterocycles. The molecule has 11 aromatic rings. The molecule has 0 fully saturated rings. The van der Waals surface area contributed by atoms with Crippen LogP contribution in [-0.4, -0.2) is 0 Å². The molecule has 0 atom stereocenters. The first kappa shape index (κ1) is 29.6. The predicted molar refractivity (Wildman–Crippen MR) is 222 cm³/mol. The zero-order valence-corrected chi connectivity index (χ0v) is 28.7. The number of nitrogens with zero attached hydrogens (tertiary/aromatic N) is 1. The Balaban J connectivity index is 1.03. The van der Waals surface area contributed by atoms with Crippen molar-refractivity contribution in [3.8, 4) is 22.3 Å². The van der Waals surface area contributed by atoms with Crippen molar-refractivity contribution in [2.75, 3.05) is 4.90 Å². The summed E-state index contributed by atoms with van der Waals surface area (Å²) < 4.78 is 13.4. The molecular formula is C50H31NO2. The molecule has 0 unspecified atom stereocenters. The Bertz CT molecular complexity index is 3160. The van der Waals surface area contributed by atoms with Gasteiger partial charge >= 0.3 is 0 Å². The van der Waals surface area contributed by atoms with E-state index < -0.39 is 0 Å². The summed E-state index contributed by atoms with van der Waals surface area (Å²) in [7, 11) is 0. The minimum absolute atomic E-state index is 0.866. The average Bonchev–Trinajstić information content (AvgIpc) is 3.81. The van der Waals surface area contributed by atoms with Gasteiger partial charge in [-0.25, -0.2) is 0 Å². The number of anilines is 3. The van der Waals surface area contributed by atoms with Gasteiger partial charge in [-0.2, -0.15) is 0 Å². The van der Waals surface area contributed by atoms with Gasteiger partial charge in [0.1, 0.15) is 16.7 Å². The van der Waals surface area contributed by atoms with E-state index in [1.165, 1.54) is 27.3 Å².